The minimum atomic E-state index is -1.10. The summed E-state index contributed by atoms with van der Waals surface area (Å²) in [5.41, 5.74) is 23.2. The number of nitrogens with zero attached hydrogens (tertiary/aromatic N) is 4. The molecule has 4 heterocycles. The first-order chi connectivity index (χ1) is 14.8. The molecule has 14 nitrogen and oxygen atoms in total. The van der Waals surface area contributed by atoms with Gasteiger partial charge in [-0.15, -0.1) is 0 Å². The number of hydrogen-bond acceptors (Lipinski definition) is 14. The summed E-state index contributed by atoms with van der Waals surface area (Å²) in [5, 5.41) is 5.37. The van der Waals surface area contributed by atoms with E-state index < -0.39 is 24.2 Å². The van der Waals surface area contributed by atoms with Crippen LogP contribution in [0.25, 0.3) is 0 Å². The summed E-state index contributed by atoms with van der Waals surface area (Å²) in [7, 11) is 0. The van der Waals surface area contributed by atoms with Crippen LogP contribution in [-0.2, 0) is 18.9 Å². The lowest BCUT2D eigenvalue weighted by Gasteiger charge is -2.44. The third kappa shape index (κ3) is 5.47. The van der Waals surface area contributed by atoms with E-state index in [1.54, 1.807) is 0 Å². The van der Waals surface area contributed by atoms with Crippen molar-refractivity contribution in [1.82, 2.24) is 10.6 Å². The summed E-state index contributed by atoms with van der Waals surface area (Å²) >= 11 is 0. The van der Waals surface area contributed by atoms with Gasteiger partial charge in [-0.05, 0) is 0 Å². The molecule has 14 heteroatoms. The number of ether oxygens (including phenoxy) is 4. The van der Waals surface area contributed by atoms with Crippen LogP contribution in [0.3, 0.4) is 0 Å². The van der Waals surface area contributed by atoms with E-state index in [1.807, 2.05) is 0 Å². The molecule has 172 valence electrons. The molecular formula is C17H30N10O4. The zero-order chi connectivity index (χ0) is 22.0. The molecule has 0 aliphatic carbocycles. The number of aliphatic imine (C=N–C) groups is 4. The lowest BCUT2D eigenvalue weighted by molar-refractivity contribution is -0.304. The standard InChI is InChI=1S/C17H30N10O4/c18-13-22-9-24-16(20,26-13)3-1-11-28-5-15(6-29-11)7-30-12(31-8-15)2-4-17(21)25-10-23-14(19)27-17/h9-12H,1-8,20-21H2,(H3,18,22,24,26)(H3,19,23,25,27). The Hall–Kier alpha value is -2.36. The van der Waals surface area contributed by atoms with Crippen LogP contribution in [0, 0.1) is 5.41 Å². The minimum absolute atomic E-state index is 0.232. The Morgan fingerprint density at radius 1 is 0.774 bits per heavy atom. The number of rotatable bonds is 6. The highest BCUT2D eigenvalue weighted by Crippen LogP contribution is 2.33. The first-order valence-corrected chi connectivity index (χ1v) is 10.1. The van der Waals surface area contributed by atoms with Crippen molar-refractivity contribution in [2.24, 2.45) is 48.3 Å². The normalized spacial score (nSPS) is 40.1. The molecule has 0 radical (unpaired) electrons. The van der Waals surface area contributed by atoms with Crippen molar-refractivity contribution in [2.75, 3.05) is 26.4 Å². The van der Waals surface area contributed by atoms with Gasteiger partial charge in [0.2, 0.25) is 11.6 Å². The van der Waals surface area contributed by atoms with Gasteiger partial charge in [0.25, 0.3) is 0 Å². The molecule has 4 rings (SSSR count). The monoisotopic (exact) mass is 438 g/mol. The van der Waals surface area contributed by atoms with E-state index in [9.17, 15) is 0 Å². The third-order valence-corrected chi connectivity index (χ3v) is 5.43. The molecule has 0 amide bonds. The fraction of sp³-hybridized carbons (Fsp3) is 0.765. The van der Waals surface area contributed by atoms with Gasteiger partial charge in [0, 0.05) is 25.7 Å². The predicted octanol–water partition coefficient (Wildman–Crippen LogP) is -2.60. The molecule has 10 N–H and O–H groups in total. The number of guanidine groups is 2. The van der Waals surface area contributed by atoms with Crippen LogP contribution in [0.2, 0.25) is 0 Å². The molecule has 2 saturated heterocycles. The highest BCUT2D eigenvalue weighted by atomic mass is 16.7. The van der Waals surface area contributed by atoms with Crippen LogP contribution < -0.4 is 33.6 Å². The van der Waals surface area contributed by atoms with Gasteiger partial charge in [0.05, 0.1) is 44.5 Å². The Morgan fingerprint density at radius 3 is 1.52 bits per heavy atom. The van der Waals surface area contributed by atoms with Crippen LogP contribution in [0.15, 0.2) is 20.0 Å². The van der Waals surface area contributed by atoms with E-state index in [2.05, 4.69) is 30.6 Å². The van der Waals surface area contributed by atoms with E-state index in [0.29, 0.717) is 52.1 Å². The highest BCUT2D eigenvalue weighted by Gasteiger charge is 2.43. The molecule has 2 unspecified atom stereocenters. The fourth-order valence-electron chi connectivity index (χ4n) is 3.62. The smallest absolute Gasteiger partial charge is 0.207 e. The second-order valence-corrected chi connectivity index (χ2v) is 8.24. The topological polar surface area (TPSA) is 214 Å². The summed E-state index contributed by atoms with van der Waals surface area (Å²) < 4.78 is 23.6. The summed E-state index contributed by atoms with van der Waals surface area (Å²) in [4.78, 5) is 16.5. The maximum absolute atomic E-state index is 6.12. The molecule has 0 saturated carbocycles. The average molecular weight is 438 g/mol. The first kappa shape index (κ1) is 21.9. The maximum Gasteiger partial charge on any atom is 0.207 e. The summed E-state index contributed by atoms with van der Waals surface area (Å²) in [5.74, 6) is -1.74. The van der Waals surface area contributed by atoms with Crippen molar-refractivity contribution in [2.45, 2.75) is 49.8 Å². The Bertz CT molecular complexity index is 705. The van der Waals surface area contributed by atoms with Crippen molar-refractivity contribution >= 4 is 24.6 Å². The second kappa shape index (κ2) is 8.64. The van der Waals surface area contributed by atoms with Crippen LogP contribution in [0.1, 0.15) is 25.7 Å². The van der Waals surface area contributed by atoms with E-state index in [4.69, 9.17) is 41.9 Å². The van der Waals surface area contributed by atoms with Gasteiger partial charge in [-0.2, -0.15) is 0 Å². The minimum Gasteiger partial charge on any atom is -0.370 e. The van der Waals surface area contributed by atoms with Crippen LogP contribution in [0.4, 0.5) is 0 Å². The first-order valence-electron chi connectivity index (χ1n) is 10.1. The van der Waals surface area contributed by atoms with Crippen LogP contribution >= 0.6 is 0 Å². The van der Waals surface area contributed by atoms with Crippen LogP contribution in [0.5, 0.6) is 0 Å². The predicted molar refractivity (Wildman–Crippen MR) is 113 cm³/mol. The molecular weight excluding hydrogens is 408 g/mol. The zero-order valence-corrected chi connectivity index (χ0v) is 17.2. The molecule has 2 fully saturated rings. The lowest BCUT2D eigenvalue weighted by Crippen LogP contribution is -2.53. The number of nitrogens with two attached hydrogens (primary N) is 4. The number of nitrogens with one attached hydrogen (secondary N) is 2. The van der Waals surface area contributed by atoms with Crippen LogP contribution in [-0.4, -0.2) is 75.2 Å². The molecule has 1 spiro atoms. The van der Waals surface area contributed by atoms with E-state index in [0.717, 1.165) is 0 Å². The van der Waals surface area contributed by atoms with E-state index in [-0.39, 0.29) is 17.3 Å². The van der Waals surface area contributed by atoms with E-state index in [1.165, 1.54) is 12.7 Å². The summed E-state index contributed by atoms with van der Waals surface area (Å²) in [6.45, 7) is 1.82. The van der Waals surface area contributed by atoms with Crippen molar-refractivity contribution in [3.05, 3.63) is 0 Å². The van der Waals surface area contributed by atoms with Crippen molar-refractivity contribution in [1.29, 1.82) is 0 Å². The molecule has 4 aliphatic heterocycles. The molecule has 0 aromatic carbocycles. The van der Waals surface area contributed by atoms with Crippen molar-refractivity contribution < 1.29 is 18.9 Å². The second-order valence-electron chi connectivity index (χ2n) is 8.24. The highest BCUT2D eigenvalue weighted by molar-refractivity contribution is 5.91. The van der Waals surface area contributed by atoms with Gasteiger partial charge in [0.1, 0.15) is 0 Å². The Labute approximate surface area is 179 Å². The fourth-order valence-corrected chi connectivity index (χ4v) is 3.62. The molecule has 4 aliphatic rings. The van der Waals surface area contributed by atoms with E-state index >= 15 is 0 Å². The van der Waals surface area contributed by atoms with Gasteiger partial charge >= 0.3 is 0 Å². The SMILES string of the molecule is NC1=NC(N)(CCC2OCC3(CO2)COC(CCC2(N)N=CNC(N)=N2)OC3)N=CN1. The zero-order valence-electron chi connectivity index (χ0n) is 17.2. The van der Waals surface area contributed by atoms with Crippen molar-refractivity contribution in [3.63, 3.8) is 0 Å². The van der Waals surface area contributed by atoms with Gasteiger partial charge in [-0.25, -0.2) is 20.0 Å². The third-order valence-electron chi connectivity index (χ3n) is 5.43. The summed E-state index contributed by atoms with van der Waals surface area (Å²) in [6, 6.07) is 0. The van der Waals surface area contributed by atoms with Gasteiger partial charge in [0.15, 0.2) is 24.5 Å². The molecule has 0 bridgehead atoms. The average Bonchev–Trinajstić information content (AvgIpc) is 2.73. The van der Waals surface area contributed by atoms with Crippen molar-refractivity contribution in [3.8, 4) is 0 Å². The molecule has 0 aromatic heterocycles. The van der Waals surface area contributed by atoms with Gasteiger partial charge in [-0.3, -0.25) is 11.5 Å². The summed E-state index contributed by atoms with van der Waals surface area (Å²) in [6.07, 6.45) is 4.02. The Morgan fingerprint density at radius 2 is 1.16 bits per heavy atom. The molecule has 0 aromatic rings. The number of hydrogen-bond donors (Lipinski definition) is 6. The largest absolute Gasteiger partial charge is 0.370 e. The lowest BCUT2D eigenvalue weighted by atomic mass is 9.90. The molecule has 2 atom stereocenters. The maximum atomic E-state index is 6.12. The Kier molecular flexibility index (Phi) is 6.09. The van der Waals surface area contributed by atoms with Gasteiger partial charge < -0.3 is 41.0 Å². The molecule has 31 heavy (non-hydrogen) atoms. The van der Waals surface area contributed by atoms with Gasteiger partial charge in [-0.1, -0.05) is 0 Å². The Balaban J connectivity index is 1.18. The quantitative estimate of drug-likeness (QED) is 0.254.